The number of carbonyl (C=O) groups excluding carboxylic acids is 3. The zero-order chi connectivity index (χ0) is 35.5. The van der Waals surface area contributed by atoms with E-state index < -0.39 is 17.1 Å². The average molecular weight is 708 g/mol. The second-order valence-electron chi connectivity index (χ2n) is 10.7. The van der Waals surface area contributed by atoms with E-state index in [1.807, 2.05) is 36.4 Å². The maximum atomic E-state index is 13.8. The fraction of sp³-hybridized carbons (Fsp3) is 0.103. The molecule has 254 valence electrons. The molecule has 50 heavy (non-hydrogen) atoms. The van der Waals surface area contributed by atoms with Crippen molar-refractivity contribution in [3.05, 3.63) is 149 Å². The first-order valence-corrected chi connectivity index (χ1v) is 16.6. The Morgan fingerprint density at radius 2 is 1.38 bits per heavy atom. The van der Waals surface area contributed by atoms with Crippen molar-refractivity contribution in [3.63, 3.8) is 0 Å². The van der Waals surface area contributed by atoms with Crippen LogP contribution in [0.1, 0.15) is 26.7 Å². The molecule has 0 bridgehead atoms. The molecule has 9 nitrogen and oxygen atoms in total. The van der Waals surface area contributed by atoms with Crippen LogP contribution in [0, 0.1) is 0 Å². The topological polar surface area (TPSA) is 115 Å². The molecule has 5 aromatic carbocycles. The third-order valence-electron chi connectivity index (χ3n) is 7.37. The lowest BCUT2D eigenvalue weighted by Gasteiger charge is -2.18. The Bertz CT molecular complexity index is 2010. The van der Waals surface area contributed by atoms with Crippen molar-refractivity contribution in [2.75, 3.05) is 32.0 Å². The van der Waals surface area contributed by atoms with E-state index in [4.69, 9.17) is 25.8 Å². The number of anilines is 2. The highest BCUT2D eigenvalue weighted by molar-refractivity contribution is 8.00. The molecule has 3 N–H and O–H groups in total. The fourth-order valence-electron chi connectivity index (χ4n) is 4.88. The minimum atomic E-state index is -0.649. The van der Waals surface area contributed by atoms with Crippen molar-refractivity contribution in [2.24, 2.45) is 0 Å². The molecule has 0 spiro atoms. The molecule has 0 aromatic heterocycles. The van der Waals surface area contributed by atoms with Gasteiger partial charge in [0.05, 0.1) is 26.4 Å². The van der Waals surface area contributed by atoms with Crippen LogP contribution in [0.15, 0.2) is 132 Å². The van der Waals surface area contributed by atoms with Crippen molar-refractivity contribution in [1.29, 1.82) is 0 Å². The first-order valence-electron chi connectivity index (χ1n) is 15.4. The van der Waals surface area contributed by atoms with Gasteiger partial charge in [-0.1, -0.05) is 66.2 Å². The number of nitrogens with one attached hydrogen (secondary N) is 3. The van der Waals surface area contributed by atoms with E-state index in [9.17, 15) is 14.4 Å². The number of amides is 3. The van der Waals surface area contributed by atoms with Gasteiger partial charge in [0.1, 0.15) is 28.2 Å². The van der Waals surface area contributed by atoms with Crippen molar-refractivity contribution < 1.29 is 28.6 Å². The summed E-state index contributed by atoms with van der Waals surface area (Å²) >= 11 is 7.61. The number of ether oxygens (including phenoxy) is 3. The molecule has 0 aliphatic heterocycles. The van der Waals surface area contributed by atoms with Crippen molar-refractivity contribution in [3.8, 4) is 17.2 Å². The van der Waals surface area contributed by atoms with Crippen molar-refractivity contribution >= 4 is 58.5 Å². The molecule has 0 radical (unpaired) electrons. The van der Waals surface area contributed by atoms with E-state index in [-0.39, 0.29) is 11.6 Å². The first kappa shape index (κ1) is 35.6. The molecular formula is C39H34ClN3O6S. The number of thioether (sulfide) groups is 1. The van der Waals surface area contributed by atoms with Gasteiger partial charge in [0, 0.05) is 27.4 Å². The van der Waals surface area contributed by atoms with Crippen molar-refractivity contribution in [1.82, 2.24) is 5.32 Å². The monoisotopic (exact) mass is 707 g/mol. The summed E-state index contributed by atoms with van der Waals surface area (Å²) in [5.74, 6) is 0.215. The Hall–Kier alpha value is -5.71. The predicted molar refractivity (Wildman–Crippen MR) is 198 cm³/mol. The molecule has 3 amide bonds. The van der Waals surface area contributed by atoms with E-state index in [1.165, 1.54) is 39.2 Å². The number of halogens is 1. The number of methoxy groups -OCH3 is 3. The highest BCUT2D eigenvalue weighted by atomic mass is 35.5. The SMILES string of the molecule is COc1ccc(OC)c(/C=C(/NC(=O)c2ccccc2)C(=O)Nc2cccc(SC(C(=O)Nc3ccc(OC)c(Cl)c3)c3ccccc3)c2)c1. The Labute approximate surface area is 299 Å². The van der Waals surface area contributed by atoms with Crippen LogP contribution in [0.2, 0.25) is 5.02 Å². The molecule has 0 heterocycles. The summed E-state index contributed by atoms with van der Waals surface area (Å²) in [6.07, 6.45) is 1.53. The predicted octanol–water partition coefficient (Wildman–Crippen LogP) is 8.25. The van der Waals surface area contributed by atoms with Gasteiger partial charge in [0.25, 0.3) is 11.8 Å². The molecule has 0 aliphatic carbocycles. The second-order valence-corrected chi connectivity index (χ2v) is 12.3. The summed E-state index contributed by atoms with van der Waals surface area (Å²) in [6.45, 7) is 0. The summed E-state index contributed by atoms with van der Waals surface area (Å²) < 4.78 is 16.1. The zero-order valence-corrected chi connectivity index (χ0v) is 29.0. The van der Waals surface area contributed by atoms with Gasteiger partial charge < -0.3 is 30.2 Å². The number of hydrogen-bond acceptors (Lipinski definition) is 7. The Morgan fingerprint density at radius 3 is 2.06 bits per heavy atom. The van der Waals surface area contributed by atoms with Gasteiger partial charge in [-0.15, -0.1) is 11.8 Å². The van der Waals surface area contributed by atoms with Gasteiger partial charge in [0.2, 0.25) is 5.91 Å². The summed E-state index contributed by atoms with van der Waals surface area (Å²) in [5.41, 5.74) is 2.63. The lowest BCUT2D eigenvalue weighted by molar-refractivity contribution is -0.116. The molecule has 5 rings (SSSR count). The van der Waals surface area contributed by atoms with Crippen LogP contribution in [-0.2, 0) is 9.59 Å². The number of benzene rings is 5. The van der Waals surface area contributed by atoms with E-state index in [0.717, 1.165) is 5.56 Å². The fourth-order valence-corrected chi connectivity index (χ4v) is 6.23. The largest absolute Gasteiger partial charge is 0.497 e. The van der Waals surface area contributed by atoms with E-state index in [2.05, 4.69) is 16.0 Å². The lowest BCUT2D eigenvalue weighted by atomic mass is 10.1. The van der Waals surface area contributed by atoms with Gasteiger partial charge in [-0.05, 0) is 78.4 Å². The smallest absolute Gasteiger partial charge is 0.272 e. The molecule has 0 fully saturated rings. The van der Waals surface area contributed by atoms with E-state index in [1.54, 1.807) is 84.9 Å². The highest BCUT2D eigenvalue weighted by Crippen LogP contribution is 2.38. The van der Waals surface area contributed by atoms with Gasteiger partial charge in [-0.3, -0.25) is 14.4 Å². The van der Waals surface area contributed by atoms with Crippen LogP contribution in [0.25, 0.3) is 6.08 Å². The summed E-state index contributed by atoms with van der Waals surface area (Å²) in [7, 11) is 4.57. The number of carbonyl (C=O) groups is 3. The van der Waals surface area contributed by atoms with Gasteiger partial charge in [-0.25, -0.2) is 0 Å². The maximum absolute atomic E-state index is 13.8. The van der Waals surface area contributed by atoms with Crippen LogP contribution in [0.4, 0.5) is 11.4 Å². The van der Waals surface area contributed by atoms with Crippen LogP contribution < -0.4 is 30.2 Å². The molecule has 0 aliphatic rings. The molecule has 0 saturated carbocycles. The molecular weight excluding hydrogens is 674 g/mol. The van der Waals surface area contributed by atoms with Crippen molar-refractivity contribution in [2.45, 2.75) is 10.1 Å². The zero-order valence-electron chi connectivity index (χ0n) is 27.4. The minimum Gasteiger partial charge on any atom is -0.497 e. The first-order chi connectivity index (χ1) is 24.3. The van der Waals surface area contributed by atoms with Crippen LogP contribution in [0.5, 0.6) is 17.2 Å². The third kappa shape index (κ3) is 9.25. The molecule has 5 aromatic rings. The van der Waals surface area contributed by atoms with Gasteiger partial charge >= 0.3 is 0 Å². The van der Waals surface area contributed by atoms with E-state index >= 15 is 0 Å². The summed E-state index contributed by atoms with van der Waals surface area (Å²) in [4.78, 5) is 41.4. The quantitative estimate of drug-likeness (QED) is 0.0834. The van der Waals surface area contributed by atoms with Crippen LogP contribution in [-0.4, -0.2) is 39.1 Å². The third-order valence-corrected chi connectivity index (χ3v) is 8.91. The van der Waals surface area contributed by atoms with Gasteiger partial charge in [0.15, 0.2) is 0 Å². The van der Waals surface area contributed by atoms with Crippen LogP contribution >= 0.6 is 23.4 Å². The lowest BCUT2D eigenvalue weighted by Crippen LogP contribution is -2.30. The number of hydrogen-bond donors (Lipinski definition) is 3. The maximum Gasteiger partial charge on any atom is 0.272 e. The standard InChI is InChI=1S/C39H34ClN3O6S/c1-47-30-18-20-34(48-2)27(21-30)22-33(43-37(44)26-13-8-5-9-14-26)38(45)41-28-15-10-16-31(23-28)50-36(25-11-6-4-7-12-25)39(46)42-29-17-19-35(49-3)32(40)24-29/h4-24,36H,1-3H3,(H,41,45)(H,42,46)(H,43,44)/b33-22+. The second kappa shape index (κ2) is 17.1. The molecule has 0 saturated heterocycles. The normalized spacial score (nSPS) is 11.6. The highest BCUT2D eigenvalue weighted by Gasteiger charge is 2.23. The summed E-state index contributed by atoms with van der Waals surface area (Å²) in [5, 5.41) is 8.31. The summed E-state index contributed by atoms with van der Waals surface area (Å²) in [6, 6.07) is 35.2. The molecule has 11 heteroatoms. The van der Waals surface area contributed by atoms with Crippen LogP contribution in [0.3, 0.4) is 0 Å². The van der Waals surface area contributed by atoms with Gasteiger partial charge in [-0.2, -0.15) is 0 Å². The number of rotatable bonds is 13. The van der Waals surface area contributed by atoms with E-state index in [0.29, 0.717) is 49.7 Å². The Kier molecular flexibility index (Phi) is 12.2. The Morgan fingerprint density at radius 1 is 0.700 bits per heavy atom. The minimum absolute atomic E-state index is 0.0249. The Balaban J connectivity index is 1.41. The average Bonchev–Trinajstić information content (AvgIpc) is 3.14. The molecule has 1 atom stereocenters. The molecule has 1 unspecified atom stereocenters.